The number of hydrogen-bond donors (Lipinski definition) is 3. The Morgan fingerprint density at radius 3 is 2.59 bits per heavy atom. The molecule has 1 aliphatic heterocycles. The number of halogens is 1. The molecule has 2 aromatic rings. The SMILES string of the molecule is CC(CN)C(=O)N1CCCc2c(NC(=O)Nc3ccccc3F)cccc21. The molecule has 2 aromatic carbocycles. The summed E-state index contributed by atoms with van der Waals surface area (Å²) in [5, 5.41) is 5.27. The molecule has 0 bridgehead atoms. The van der Waals surface area contributed by atoms with Gasteiger partial charge in [0.25, 0.3) is 0 Å². The van der Waals surface area contributed by atoms with Gasteiger partial charge < -0.3 is 21.3 Å². The van der Waals surface area contributed by atoms with E-state index in [1.54, 1.807) is 36.1 Å². The summed E-state index contributed by atoms with van der Waals surface area (Å²) in [7, 11) is 0. The van der Waals surface area contributed by atoms with Crippen LogP contribution in [0.2, 0.25) is 0 Å². The van der Waals surface area contributed by atoms with Crippen LogP contribution in [-0.2, 0) is 11.2 Å². The van der Waals surface area contributed by atoms with Gasteiger partial charge in [-0.2, -0.15) is 0 Å². The molecule has 1 unspecified atom stereocenters. The van der Waals surface area contributed by atoms with Crippen LogP contribution in [0.3, 0.4) is 0 Å². The van der Waals surface area contributed by atoms with Crippen molar-refractivity contribution >= 4 is 29.0 Å². The Morgan fingerprint density at radius 1 is 1.15 bits per heavy atom. The fraction of sp³-hybridized carbons (Fsp3) is 0.300. The second kappa shape index (κ2) is 8.18. The van der Waals surface area contributed by atoms with Crippen molar-refractivity contribution in [2.45, 2.75) is 19.8 Å². The van der Waals surface area contributed by atoms with Crippen molar-refractivity contribution in [3.63, 3.8) is 0 Å². The first-order valence-electron chi connectivity index (χ1n) is 8.97. The third-order valence-electron chi connectivity index (χ3n) is 4.66. The molecule has 1 heterocycles. The minimum atomic E-state index is -0.535. The minimum absolute atomic E-state index is 0.0218. The molecule has 7 heteroatoms. The van der Waals surface area contributed by atoms with Gasteiger partial charge in [0.2, 0.25) is 5.91 Å². The molecular weight excluding hydrogens is 347 g/mol. The molecule has 1 aliphatic rings. The van der Waals surface area contributed by atoms with Crippen LogP contribution in [0, 0.1) is 11.7 Å². The quantitative estimate of drug-likeness (QED) is 0.771. The van der Waals surface area contributed by atoms with Gasteiger partial charge in [0.15, 0.2) is 0 Å². The van der Waals surface area contributed by atoms with Crippen molar-refractivity contribution in [1.82, 2.24) is 0 Å². The number of hydrogen-bond acceptors (Lipinski definition) is 3. The van der Waals surface area contributed by atoms with E-state index in [0.717, 1.165) is 24.1 Å². The molecule has 6 nitrogen and oxygen atoms in total. The third-order valence-corrected chi connectivity index (χ3v) is 4.66. The molecule has 0 radical (unpaired) electrons. The number of fused-ring (bicyclic) bond motifs is 1. The zero-order chi connectivity index (χ0) is 19.4. The maximum absolute atomic E-state index is 13.7. The van der Waals surface area contributed by atoms with E-state index in [2.05, 4.69) is 10.6 Å². The Balaban J connectivity index is 1.81. The Labute approximate surface area is 157 Å². The summed E-state index contributed by atoms with van der Waals surface area (Å²) in [5.74, 6) is -0.793. The number of benzene rings is 2. The molecule has 3 rings (SSSR count). The molecule has 3 amide bonds. The number of nitrogens with one attached hydrogen (secondary N) is 2. The molecule has 0 saturated carbocycles. The van der Waals surface area contributed by atoms with Gasteiger partial charge in [0.1, 0.15) is 5.82 Å². The van der Waals surface area contributed by atoms with Crippen molar-refractivity contribution in [3.05, 3.63) is 53.8 Å². The average molecular weight is 370 g/mol. The average Bonchev–Trinajstić information content (AvgIpc) is 2.68. The van der Waals surface area contributed by atoms with Crippen molar-refractivity contribution in [1.29, 1.82) is 0 Å². The van der Waals surface area contributed by atoms with Crippen LogP contribution in [0.25, 0.3) is 0 Å². The largest absolute Gasteiger partial charge is 0.330 e. The van der Waals surface area contributed by atoms with E-state index in [1.807, 2.05) is 6.07 Å². The van der Waals surface area contributed by atoms with Crippen LogP contribution in [0.5, 0.6) is 0 Å². The van der Waals surface area contributed by atoms with Gasteiger partial charge in [-0.1, -0.05) is 25.1 Å². The van der Waals surface area contributed by atoms with E-state index in [9.17, 15) is 14.0 Å². The molecule has 0 fully saturated rings. The number of nitrogens with zero attached hydrogens (tertiary/aromatic N) is 1. The van der Waals surface area contributed by atoms with Crippen LogP contribution in [-0.4, -0.2) is 25.0 Å². The summed E-state index contributed by atoms with van der Waals surface area (Å²) in [4.78, 5) is 26.6. The van der Waals surface area contributed by atoms with Gasteiger partial charge in [-0.3, -0.25) is 4.79 Å². The third kappa shape index (κ3) is 4.09. The number of carbonyl (C=O) groups excluding carboxylic acids is 2. The lowest BCUT2D eigenvalue weighted by Crippen LogP contribution is -2.41. The zero-order valence-electron chi connectivity index (χ0n) is 15.2. The second-order valence-corrected chi connectivity index (χ2v) is 6.59. The highest BCUT2D eigenvalue weighted by atomic mass is 19.1. The number of rotatable bonds is 4. The lowest BCUT2D eigenvalue weighted by molar-refractivity contribution is -0.121. The fourth-order valence-electron chi connectivity index (χ4n) is 3.18. The summed E-state index contributed by atoms with van der Waals surface area (Å²) in [6.45, 7) is 2.72. The van der Waals surface area contributed by atoms with E-state index < -0.39 is 11.8 Å². The predicted octanol–water partition coefficient (Wildman–Crippen LogP) is 3.34. The fourth-order valence-corrected chi connectivity index (χ4v) is 3.18. The number of anilines is 3. The van der Waals surface area contributed by atoms with Crippen molar-refractivity contribution in [2.24, 2.45) is 11.7 Å². The van der Waals surface area contributed by atoms with Crippen molar-refractivity contribution in [3.8, 4) is 0 Å². The standard InChI is InChI=1S/C20H23FN4O2/c1-13(12-22)19(26)25-11-5-6-14-16(9-4-10-18(14)25)23-20(27)24-17-8-3-2-7-15(17)21/h2-4,7-10,13H,5-6,11-12,22H2,1H3,(H2,23,24,27). The number of carbonyl (C=O) groups is 2. The topological polar surface area (TPSA) is 87.5 Å². The molecule has 142 valence electrons. The molecule has 0 spiro atoms. The van der Waals surface area contributed by atoms with Crippen LogP contribution in [0.15, 0.2) is 42.5 Å². The highest BCUT2D eigenvalue weighted by Crippen LogP contribution is 2.33. The summed E-state index contributed by atoms with van der Waals surface area (Å²) in [6, 6.07) is 10.9. The molecule has 0 aromatic heterocycles. The summed E-state index contributed by atoms with van der Waals surface area (Å²) in [6.07, 6.45) is 1.54. The van der Waals surface area contributed by atoms with Gasteiger partial charge >= 0.3 is 6.03 Å². The maximum Gasteiger partial charge on any atom is 0.323 e. The number of amides is 3. The lowest BCUT2D eigenvalue weighted by Gasteiger charge is -2.32. The maximum atomic E-state index is 13.7. The highest BCUT2D eigenvalue weighted by Gasteiger charge is 2.27. The second-order valence-electron chi connectivity index (χ2n) is 6.59. The summed E-state index contributed by atoms with van der Waals surface area (Å²) in [5.41, 5.74) is 8.03. The molecule has 0 saturated heterocycles. The number of nitrogens with two attached hydrogens (primary N) is 1. The Kier molecular flexibility index (Phi) is 5.71. The van der Waals surface area contributed by atoms with Gasteiger partial charge in [0.05, 0.1) is 5.69 Å². The number of para-hydroxylation sites is 1. The summed E-state index contributed by atoms with van der Waals surface area (Å²) >= 11 is 0. The van der Waals surface area contributed by atoms with Crippen LogP contribution < -0.4 is 21.3 Å². The van der Waals surface area contributed by atoms with Crippen LogP contribution in [0.4, 0.5) is 26.2 Å². The number of urea groups is 1. The van der Waals surface area contributed by atoms with Gasteiger partial charge in [-0.05, 0) is 42.7 Å². The first-order chi connectivity index (χ1) is 13.0. The lowest BCUT2D eigenvalue weighted by atomic mass is 9.98. The molecule has 4 N–H and O–H groups in total. The van der Waals surface area contributed by atoms with E-state index in [-0.39, 0.29) is 24.1 Å². The smallest absolute Gasteiger partial charge is 0.323 e. The summed E-state index contributed by atoms with van der Waals surface area (Å²) < 4.78 is 13.7. The first-order valence-corrected chi connectivity index (χ1v) is 8.97. The minimum Gasteiger partial charge on any atom is -0.330 e. The van der Waals surface area contributed by atoms with Crippen LogP contribution >= 0.6 is 0 Å². The Hall–Kier alpha value is -2.93. The molecular formula is C20H23FN4O2. The van der Waals surface area contributed by atoms with E-state index in [0.29, 0.717) is 12.2 Å². The molecule has 0 aliphatic carbocycles. The van der Waals surface area contributed by atoms with E-state index in [1.165, 1.54) is 12.1 Å². The van der Waals surface area contributed by atoms with E-state index in [4.69, 9.17) is 5.73 Å². The zero-order valence-corrected chi connectivity index (χ0v) is 15.2. The monoisotopic (exact) mass is 370 g/mol. The molecule has 1 atom stereocenters. The Morgan fingerprint density at radius 2 is 1.85 bits per heavy atom. The van der Waals surface area contributed by atoms with Gasteiger partial charge in [-0.25, -0.2) is 9.18 Å². The molecule has 27 heavy (non-hydrogen) atoms. The van der Waals surface area contributed by atoms with Gasteiger partial charge in [-0.15, -0.1) is 0 Å². The van der Waals surface area contributed by atoms with Crippen LogP contribution in [0.1, 0.15) is 18.9 Å². The predicted molar refractivity (Wildman–Crippen MR) is 104 cm³/mol. The normalized spacial score (nSPS) is 14.3. The van der Waals surface area contributed by atoms with E-state index >= 15 is 0 Å². The Bertz CT molecular complexity index is 856. The highest BCUT2D eigenvalue weighted by molar-refractivity contribution is 6.02. The van der Waals surface area contributed by atoms with Gasteiger partial charge in [0, 0.05) is 30.4 Å². The van der Waals surface area contributed by atoms with Crippen molar-refractivity contribution in [2.75, 3.05) is 28.6 Å². The first kappa shape index (κ1) is 18.8. The van der Waals surface area contributed by atoms with Crippen molar-refractivity contribution < 1.29 is 14.0 Å².